The molecule has 3 nitrogen and oxygen atoms in total. The van der Waals surface area contributed by atoms with E-state index >= 15 is 0 Å². The van der Waals surface area contributed by atoms with Gasteiger partial charge in [0.2, 0.25) is 5.28 Å². The van der Waals surface area contributed by atoms with E-state index in [9.17, 15) is 0 Å². The van der Waals surface area contributed by atoms with Crippen LogP contribution in [0.3, 0.4) is 0 Å². The molecule has 1 rings (SSSR count). The van der Waals surface area contributed by atoms with E-state index in [-0.39, 0.29) is 0 Å². The molecule has 1 unspecified atom stereocenters. The number of aromatic nitrogens is 3. The van der Waals surface area contributed by atoms with Crippen molar-refractivity contribution in [1.82, 2.24) is 14.8 Å². The second kappa shape index (κ2) is 5.50. The van der Waals surface area contributed by atoms with Crippen LogP contribution in [0.5, 0.6) is 0 Å². The van der Waals surface area contributed by atoms with E-state index in [4.69, 9.17) is 11.6 Å². The highest BCUT2D eigenvalue weighted by molar-refractivity contribution is 6.28. The minimum absolute atomic E-state index is 0.383. The Morgan fingerprint density at radius 1 is 1.27 bits per heavy atom. The number of hydrogen-bond acceptors (Lipinski definition) is 2. The Labute approximate surface area is 96.8 Å². The number of rotatable bonds is 5. The van der Waals surface area contributed by atoms with Gasteiger partial charge in [-0.25, -0.2) is 0 Å². The van der Waals surface area contributed by atoms with Crippen LogP contribution in [0.25, 0.3) is 0 Å². The first-order valence-corrected chi connectivity index (χ1v) is 6.03. The standard InChI is InChI=1S/C11H20ClN3/c1-5-6-10-13-14-11(12)15(10)9(4)7-8(2)3/h8-9H,5-7H2,1-4H3. The third-order valence-electron chi connectivity index (χ3n) is 2.45. The van der Waals surface area contributed by atoms with Gasteiger partial charge in [0.25, 0.3) is 0 Å². The highest BCUT2D eigenvalue weighted by Gasteiger charge is 2.16. The Morgan fingerprint density at radius 3 is 2.47 bits per heavy atom. The molecular formula is C11H20ClN3. The maximum atomic E-state index is 6.05. The third-order valence-corrected chi connectivity index (χ3v) is 2.71. The molecule has 0 fully saturated rings. The molecular weight excluding hydrogens is 210 g/mol. The Balaban J connectivity index is 2.85. The first-order chi connectivity index (χ1) is 7.06. The maximum absolute atomic E-state index is 6.05. The molecule has 1 aromatic heterocycles. The van der Waals surface area contributed by atoms with Gasteiger partial charge >= 0.3 is 0 Å². The van der Waals surface area contributed by atoms with E-state index in [1.165, 1.54) is 0 Å². The van der Waals surface area contributed by atoms with Crippen LogP contribution in [0.4, 0.5) is 0 Å². The fourth-order valence-electron chi connectivity index (χ4n) is 1.92. The minimum Gasteiger partial charge on any atom is -0.299 e. The summed E-state index contributed by atoms with van der Waals surface area (Å²) >= 11 is 6.05. The fraction of sp³-hybridized carbons (Fsp3) is 0.818. The average Bonchev–Trinajstić information content (AvgIpc) is 2.46. The molecule has 1 atom stereocenters. The molecule has 0 amide bonds. The molecule has 0 spiro atoms. The Kier molecular flexibility index (Phi) is 4.58. The van der Waals surface area contributed by atoms with Crippen molar-refractivity contribution in [2.24, 2.45) is 5.92 Å². The zero-order valence-corrected chi connectivity index (χ0v) is 10.8. The quantitative estimate of drug-likeness (QED) is 0.774. The highest BCUT2D eigenvalue weighted by atomic mass is 35.5. The van der Waals surface area contributed by atoms with Gasteiger partial charge in [0.15, 0.2) is 0 Å². The van der Waals surface area contributed by atoms with Crippen LogP contribution in [0.2, 0.25) is 5.28 Å². The van der Waals surface area contributed by atoms with Crippen molar-refractivity contribution in [1.29, 1.82) is 0 Å². The van der Waals surface area contributed by atoms with Crippen LogP contribution in [0, 0.1) is 5.92 Å². The highest BCUT2D eigenvalue weighted by Crippen LogP contribution is 2.22. The van der Waals surface area contributed by atoms with Gasteiger partial charge in [0.1, 0.15) is 5.82 Å². The molecule has 86 valence electrons. The topological polar surface area (TPSA) is 30.7 Å². The SMILES string of the molecule is CCCc1nnc(Cl)n1C(C)CC(C)C. The molecule has 0 N–H and O–H groups in total. The summed E-state index contributed by atoms with van der Waals surface area (Å²) in [5, 5.41) is 8.58. The average molecular weight is 230 g/mol. The summed E-state index contributed by atoms with van der Waals surface area (Å²) in [6.07, 6.45) is 3.13. The van der Waals surface area contributed by atoms with Crippen molar-refractivity contribution in [2.45, 2.75) is 53.0 Å². The largest absolute Gasteiger partial charge is 0.299 e. The predicted molar refractivity (Wildman–Crippen MR) is 63.2 cm³/mol. The monoisotopic (exact) mass is 229 g/mol. The predicted octanol–water partition coefficient (Wildman–Crippen LogP) is 3.49. The molecule has 0 radical (unpaired) electrons. The zero-order chi connectivity index (χ0) is 11.4. The second-order valence-electron chi connectivity index (χ2n) is 4.48. The van der Waals surface area contributed by atoms with Gasteiger partial charge in [-0.2, -0.15) is 0 Å². The van der Waals surface area contributed by atoms with Crippen molar-refractivity contribution >= 4 is 11.6 Å². The van der Waals surface area contributed by atoms with Gasteiger partial charge in [-0.05, 0) is 37.3 Å². The van der Waals surface area contributed by atoms with Crippen molar-refractivity contribution in [3.05, 3.63) is 11.1 Å². The molecule has 0 aliphatic carbocycles. The van der Waals surface area contributed by atoms with Gasteiger partial charge < -0.3 is 0 Å². The Morgan fingerprint density at radius 2 is 1.93 bits per heavy atom. The van der Waals surface area contributed by atoms with Crippen LogP contribution >= 0.6 is 11.6 Å². The number of nitrogens with zero attached hydrogens (tertiary/aromatic N) is 3. The van der Waals surface area contributed by atoms with Crippen molar-refractivity contribution in [3.8, 4) is 0 Å². The lowest BCUT2D eigenvalue weighted by atomic mass is 10.1. The van der Waals surface area contributed by atoms with Gasteiger partial charge in [0.05, 0.1) is 0 Å². The molecule has 0 saturated carbocycles. The number of hydrogen-bond donors (Lipinski definition) is 0. The molecule has 0 aliphatic rings. The molecule has 0 saturated heterocycles. The van der Waals surface area contributed by atoms with E-state index < -0.39 is 0 Å². The van der Waals surface area contributed by atoms with Gasteiger partial charge in [-0.3, -0.25) is 4.57 Å². The molecule has 0 aliphatic heterocycles. The normalized spacial score (nSPS) is 13.5. The summed E-state index contributed by atoms with van der Waals surface area (Å²) in [6.45, 7) is 8.75. The second-order valence-corrected chi connectivity index (χ2v) is 4.82. The summed E-state index contributed by atoms with van der Waals surface area (Å²) in [6, 6.07) is 0.383. The first-order valence-electron chi connectivity index (χ1n) is 5.65. The van der Waals surface area contributed by atoms with E-state index in [0.717, 1.165) is 25.1 Å². The van der Waals surface area contributed by atoms with E-state index in [2.05, 4.69) is 42.5 Å². The van der Waals surface area contributed by atoms with E-state index in [1.54, 1.807) is 0 Å². The molecule has 0 aromatic carbocycles. The lowest BCUT2D eigenvalue weighted by Crippen LogP contribution is -2.12. The number of aryl methyl sites for hydroxylation is 1. The van der Waals surface area contributed by atoms with Crippen LogP contribution < -0.4 is 0 Å². The van der Waals surface area contributed by atoms with E-state index in [0.29, 0.717) is 17.2 Å². The van der Waals surface area contributed by atoms with Crippen molar-refractivity contribution in [3.63, 3.8) is 0 Å². The fourth-order valence-corrected chi connectivity index (χ4v) is 2.22. The Hall–Kier alpha value is -0.570. The maximum Gasteiger partial charge on any atom is 0.225 e. The summed E-state index contributed by atoms with van der Waals surface area (Å²) in [4.78, 5) is 0. The summed E-state index contributed by atoms with van der Waals surface area (Å²) in [5.74, 6) is 1.67. The smallest absolute Gasteiger partial charge is 0.225 e. The lowest BCUT2D eigenvalue weighted by molar-refractivity contribution is 0.417. The molecule has 1 heterocycles. The molecule has 4 heteroatoms. The van der Waals surface area contributed by atoms with Crippen molar-refractivity contribution < 1.29 is 0 Å². The zero-order valence-electron chi connectivity index (χ0n) is 10.00. The summed E-state index contributed by atoms with van der Waals surface area (Å²) in [5.41, 5.74) is 0. The van der Waals surface area contributed by atoms with E-state index in [1.807, 2.05) is 0 Å². The molecule has 0 bridgehead atoms. The van der Waals surface area contributed by atoms with Crippen LogP contribution in [-0.2, 0) is 6.42 Å². The lowest BCUT2D eigenvalue weighted by Gasteiger charge is -2.18. The molecule has 1 aromatic rings. The van der Waals surface area contributed by atoms with Crippen LogP contribution in [0.1, 0.15) is 52.4 Å². The third kappa shape index (κ3) is 3.20. The first kappa shape index (κ1) is 12.5. The minimum atomic E-state index is 0.383. The number of halogens is 1. The van der Waals surface area contributed by atoms with Gasteiger partial charge in [0, 0.05) is 12.5 Å². The van der Waals surface area contributed by atoms with Crippen LogP contribution in [0.15, 0.2) is 0 Å². The Bertz CT molecular complexity index is 307. The molecule has 15 heavy (non-hydrogen) atoms. The van der Waals surface area contributed by atoms with Crippen LogP contribution in [-0.4, -0.2) is 14.8 Å². The summed E-state index contributed by atoms with van der Waals surface area (Å²) < 4.78 is 2.06. The van der Waals surface area contributed by atoms with Gasteiger partial charge in [-0.1, -0.05) is 20.8 Å². The van der Waals surface area contributed by atoms with Crippen molar-refractivity contribution in [2.75, 3.05) is 0 Å². The summed E-state index contributed by atoms with van der Waals surface area (Å²) in [7, 11) is 0. The van der Waals surface area contributed by atoms with Gasteiger partial charge in [-0.15, -0.1) is 10.2 Å².